The second-order valence-electron chi connectivity index (χ2n) is 3.41. The van der Waals surface area contributed by atoms with Crippen LogP contribution in [0.3, 0.4) is 0 Å². The fourth-order valence-corrected chi connectivity index (χ4v) is 1.82. The van der Waals surface area contributed by atoms with E-state index < -0.39 is 0 Å². The monoisotopic (exact) mass is 287 g/mol. The van der Waals surface area contributed by atoms with Gasteiger partial charge in [-0.3, -0.25) is 0 Å². The van der Waals surface area contributed by atoms with E-state index in [1.807, 2.05) is 18.2 Å². The molecule has 1 aromatic carbocycles. The molecule has 0 aliphatic heterocycles. The molecule has 0 heterocycles. The summed E-state index contributed by atoms with van der Waals surface area (Å²) in [6.45, 7) is 6.72. The van der Waals surface area contributed by atoms with Crippen molar-refractivity contribution in [3.05, 3.63) is 45.9 Å². The van der Waals surface area contributed by atoms with E-state index in [0.29, 0.717) is 6.04 Å². The Balaban J connectivity index is 2.69. The van der Waals surface area contributed by atoms with E-state index in [4.69, 9.17) is 11.6 Å². The lowest BCUT2D eigenvalue weighted by Crippen LogP contribution is -2.21. The first-order valence-corrected chi connectivity index (χ1v) is 6.12. The number of rotatable bonds is 5. The average Bonchev–Trinajstić information content (AvgIpc) is 2.18. The average molecular weight is 289 g/mol. The molecule has 0 aliphatic carbocycles. The van der Waals surface area contributed by atoms with E-state index in [1.165, 1.54) is 5.56 Å². The van der Waals surface area contributed by atoms with Gasteiger partial charge in [0.15, 0.2) is 0 Å². The van der Waals surface area contributed by atoms with Crippen LogP contribution < -0.4 is 5.32 Å². The van der Waals surface area contributed by atoms with E-state index in [-0.39, 0.29) is 0 Å². The molecular formula is C12H15BrClN. The van der Waals surface area contributed by atoms with Gasteiger partial charge in [-0.05, 0) is 24.1 Å². The summed E-state index contributed by atoms with van der Waals surface area (Å²) in [6.07, 6.45) is 1.03. The quantitative estimate of drug-likeness (QED) is 0.852. The van der Waals surface area contributed by atoms with Crippen molar-refractivity contribution >= 4 is 27.5 Å². The highest BCUT2D eigenvalue weighted by Gasteiger charge is 2.08. The minimum absolute atomic E-state index is 0.331. The largest absolute Gasteiger partial charge is 0.305 e. The summed E-state index contributed by atoms with van der Waals surface area (Å²) in [7, 11) is 0. The smallest absolute Gasteiger partial charge is 0.0409 e. The molecule has 1 aromatic rings. The van der Waals surface area contributed by atoms with Gasteiger partial charge < -0.3 is 5.32 Å². The third-order valence-electron chi connectivity index (χ3n) is 2.20. The number of hydrogen-bond donors (Lipinski definition) is 1. The Morgan fingerprint density at radius 2 is 2.33 bits per heavy atom. The Kier molecular flexibility index (Phi) is 5.37. The summed E-state index contributed by atoms with van der Waals surface area (Å²) in [5.74, 6) is 0. The van der Waals surface area contributed by atoms with Crippen molar-refractivity contribution < 1.29 is 0 Å². The zero-order chi connectivity index (χ0) is 11.3. The van der Waals surface area contributed by atoms with Crippen LogP contribution in [-0.2, 0) is 0 Å². The van der Waals surface area contributed by atoms with Crippen molar-refractivity contribution in [2.45, 2.75) is 19.4 Å². The van der Waals surface area contributed by atoms with Crippen molar-refractivity contribution in [2.24, 2.45) is 0 Å². The molecule has 0 fully saturated rings. The maximum absolute atomic E-state index is 5.95. The Hall–Kier alpha value is -0.310. The molecule has 0 aromatic heterocycles. The maximum Gasteiger partial charge on any atom is 0.0409 e. The molecule has 15 heavy (non-hydrogen) atoms. The van der Waals surface area contributed by atoms with Gasteiger partial charge in [0.25, 0.3) is 0 Å². The molecule has 1 nitrogen and oxygen atoms in total. The highest BCUT2D eigenvalue weighted by atomic mass is 79.9. The first-order chi connectivity index (χ1) is 7.13. The van der Waals surface area contributed by atoms with Crippen LogP contribution in [0.2, 0.25) is 5.02 Å². The van der Waals surface area contributed by atoms with Gasteiger partial charge in [0.1, 0.15) is 0 Å². The number of halogens is 2. The van der Waals surface area contributed by atoms with Crippen LogP contribution in [0, 0.1) is 0 Å². The summed E-state index contributed by atoms with van der Waals surface area (Å²) in [5.41, 5.74) is 1.22. The highest BCUT2D eigenvalue weighted by Crippen LogP contribution is 2.20. The lowest BCUT2D eigenvalue weighted by Gasteiger charge is -2.17. The van der Waals surface area contributed by atoms with Gasteiger partial charge in [0.2, 0.25) is 0 Å². The van der Waals surface area contributed by atoms with E-state index in [2.05, 4.69) is 40.8 Å². The second kappa shape index (κ2) is 6.31. The van der Waals surface area contributed by atoms with Gasteiger partial charge in [-0.25, -0.2) is 0 Å². The van der Waals surface area contributed by atoms with Crippen LogP contribution in [0.1, 0.15) is 24.9 Å². The lowest BCUT2D eigenvalue weighted by molar-refractivity contribution is 0.550. The fraction of sp³-hybridized carbons (Fsp3) is 0.333. The molecule has 82 valence electrons. The van der Waals surface area contributed by atoms with Crippen molar-refractivity contribution in [3.8, 4) is 0 Å². The van der Waals surface area contributed by atoms with E-state index in [0.717, 1.165) is 22.5 Å². The molecule has 0 saturated carbocycles. The van der Waals surface area contributed by atoms with Crippen LogP contribution in [0.25, 0.3) is 0 Å². The predicted molar refractivity (Wildman–Crippen MR) is 70.6 cm³/mol. The summed E-state index contributed by atoms with van der Waals surface area (Å²) in [6, 6.07) is 8.29. The molecule has 0 radical (unpaired) electrons. The maximum atomic E-state index is 5.95. The topological polar surface area (TPSA) is 12.0 Å². The Labute approximate surface area is 105 Å². The number of nitrogens with one attached hydrogen (secondary N) is 1. The molecule has 1 N–H and O–H groups in total. The Bertz CT molecular complexity index is 338. The van der Waals surface area contributed by atoms with Crippen molar-refractivity contribution in [1.29, 1.82) is 0 Å². The van der Waals surface area contributed by atoms with Crippen LogP contribution in [0.15, 0.2) is 35.3 Å². The molecule has 0 bridgehead atoms. The number of benzene rings is 1. The molecule has 1 unspecified atom stereocenters. The Morgan fingerprint density at radius 3 is 2.87 bits per heavy atom. The molecule has 3 heteroatoms. The SMILES string of the molecule is C=C(Br)CNC(CC)c1cccc(Cl)c1. The van der Waals surface area contributed by atoms with Crippen LogP contribution in [-0.4, -0.2) is 6.54 Å². The second-order valence-corrected chi connectivity index (χ2v) is 4.97. The first-order valence-electron chi connectivity index (χ1n) is 4.95. The normalized spacial score (nSPS) is 12.5. The summed E-state index contributed by atoms with van der Waals surface area (Å²) in [5, 5.41) is 4.19. The zero-order valence-electron chi connectivity index (χ0n) is 8.76. The van der Waals surface area contributed by atoms with Crippen molar-refractivity contribution in [2.75, 3.05) is 6.54 Å². The van der Waals surface area contributed by atoms with Gasteiger partial charge in [0, 0.05) is 22.1 Å². The molecule has 0 spiro atoms. The Morgan fingerprint density at radius 1 is 1.60 bits per heavy atom. The number of hydrogen-bond acceptors (Lipinski definition) is 1. The molecule has 1 rings (SSSR count). The van der Waals surface area contributed by atoms with E-state index in [9.17, 15) is 0 Å². The van der Waals surface area contributed by atoms with Gasteiger partial charge in [0.05, 0.1) is 0 Å². The minimum atomic E-state index is 0.331. The third-order valence-corrected chi connectivity index (χ3v) is 2.72. The zero-order valence-corrected chi connectivity index (χ0v) is 11.1. The van der Waals surface area contributed by atoms with Gasteiger partial charge in [-0.1, -0.05) is 53.2 Å². The summed E-state index contributed by atoms with van der Waals surface area (Å²) < 4.78 is 0.961. The third kappa shape index (κ3) is 4.37. The van der Waals surface area contributed by atoms with Gasteiger partial charge in [-0.15, -0.1) is 0 Å². The lowest BCUT2D eigenvalue weighted by atomic mass is 10.0. The van der Waals surface area contributed by atoms with Crippen LogP contribution in [0.4, 0.5) is 0 Å². The first kappa shape index (κ1) is 12.8. The van der Waals surface area contributed by atoms with Crippen molar-refractivity contribution in [1.82, 2.24) is 5.32 Å². The highest BCUT2D eigenvalue weighted by molar-refractivity contribution is 9.11. The molecule has 1 atom stereocenters. The fourth-order valence-electron chi connectivity index (χ4n) is 1.46. The molecule has 0 saturated heterocycles. The van der Waals surface area contributed by atoms with Gasteiger partial charge in [-0.2, -0.15) is 0 Å². The van der Waals surface area contributed by atoms with E-state index in [1.54, 1.807) is 0 Å². The van der Waals surface area contributed by atoms with Crippen molar-refractivity contribution in [3.63, 3.8) is 0 Å². The van der Waals surface area contributed by atoms with Crippen LogP contribution >= 0.6 is 27.5 Å². The van der Waals surface area contributed by atoms with E-state index >= 15 is 0 Å². The molecular weight excluding hydrogens is 273 g/mol. The van der Waals surface area contributed by atoms with Crippen LogP contribution in [0.5, 0.6) is 0 Å². The summed E-state index contributed by atoms with van der Waals surface area (Å²) in [4.78, 5) is 0. The molecule has 0 aliphatic rings. The minimum Gasteiger partial charge on any atom is -0.305 e. The standard InChI is InChI=1S/C12H15BrClN/c1-3-12(15-8-9(2)13)10-5-4-6-11(14)7-10/h4-7,12,15H,2-3,8H2,1H3. The summed E-state index contributed by atoms with van der Waals surface area (Å²) >= 11 is 9.29. The molecule has 0 amide bonds. The predicted octanol–water partition coefficient (Wildman–Crippen LogP) is 4.29. The van der Waals surface area contributed by atoms with Gasteiger partial charge >= 0.3 is 0 Å².